The molecule has 0 fully saturated rings. The highest BCUT2D eigenvalue weighted by Gasteiger charge is 2.13. The van der Waals surface area contributed by atoms with Crippen LogP contribution < -0.4 is 0 Å². The summed E-state index contributed by atoms with van der Waals surface area (Å²) in [5.74, 6) is 1.12. The number of aryl methyl sites for hydroxylation is 1. The maximum absolute atomic E-state index is 10.6. The lowest BCUT2D eigenvalue weighted by Gasteiger charge is -2.09. The minimum atomic E-state index is -0.738. The zero-order chi connectivity index (χ0) is 15.8. The SMILES string of the molecule is CCCCn1c(CCCCC(=O)O)nnc1-c1ccccc1. The molecule has 1 aromatic carbocycles. The minimum absolute atomic E-state index is 0.217. The monoisotopic (exact) mass is 301 g/mol. The van der Waals surface area contributed by atoms with Crippen LogP contribution in [-0.4, -0.2) is 25.8 Å². The smallest absolute Gasteiger partial charge is 0.303 e. The highest BCUT2D eigenvalue weighted by Crippen LogP contribution is 2.19. The average molecular weight is 301 g/mol. The molecule has 0 aliphatic heterocycles. The van der Waals surface area contributed by atoms with Gasteiger partial charge in [0, 0.05) is 24.9 Å². The Balaban J connectivity index is 2.12. The van der Waals surface area contributed by atoms with Crippen molar-refractivity contribution in [2.24, 2.45) is 0 Å². The van der Waals surface area contributed by atoms with Crippen molar-refractivity contribution < 1.29 is 9.90 Å². The average Bonchev–Trinajstić information content (AvgIpc) is 2.93. The maximum atomic E-state index is 10.6. The summed E-state index contributed by atoms with van der Waals surface area (Å²) < 4.78 is 2.18. The van der Waals surface area contributed by atoms with Crippen molar-refractivity contribution in [3.8, 4) is 11.4 Å². The third-order valence-electron chi connectivity index (χ3n) is 3.64. The van der Waals surface area contributed by atoms with E-state index in [1.165, 1.54) is 0 Å². The van der Waals surface area contributed by atoms with E-state index >= 15 is 0 Å². The number of carboxylic acids is 1. The summed E-state index contributed by atoms with van der Waals surface area (Å²) in [5, 5.41) is 17.4. The van der Waals surface area contributed by atoms with E-state index in [-0.39, 0.29) is 6.42 Å². The Morgan fingerprint density at radius 2 is 1.91 bits per heavy atom. The second-order valence-electron chi connectivity index (χ2n) is 5.41. The summed E-state index contributed by atoms with van der Waals surface area (Å²) >= 11 is 0. The van der Waals surface area contributed by atoms with Crippen molar-refractivity contribution in [3.63, 3.8) is 0 Å². The number of aromatic nitrogens is 3. The number of hydrogen-bond donors (Lipinski definition) is 1. The van der Waals surface area contributed by atoms with Gasteiger partial charge in [0.25, 0.3) is 0 Å². The standard InChI is InChI=1S/C17H23N3O2/c1-2-3-13-20-15(11-7-8-12-16(21)22)18-19-17(20)14-9-5-4-6-10-14/h4-6,9-10H,2-3,7-8,11-13H2,1H3,(H,21,22). The molecule has 0 saturated heterocycles. The molecule has 0 spiro atoms. The highest BCUT2D eigenvalue weighted by atomic mass is 16.4. The molecule has 0 radical (unpaired) electrons. The summed E-state index contributed by atoms with van der Waals surface area (Å²) in [6.45, 7) is 3.07. The zero-order valence-corrected chi connectivity index (χ0v) is 13.0. The third kappa shape index (κ3) is 4.41. The quantitative estimate of drug-likeness (QED) is 0.719. The van der Waals surface area contributed by atoms with Crippen LogP contribution in [0.4, 0.5) is 0 Å². The molecule has 0 aliphatic rings. The first-order valence-electron chi connectivity index (χ1n) is 7.91. The predicted octanol–water partition coefficient (Wildman–Crippen LogP) is 3.54. The predicted molar refractivity (Wildman–Crippen MR) is 85.6 cm³/mol. The molecule has 22 heavy (non-hydrogen) atoms. The minimum Gasteiger partial charge on any atom is -0.481 e. The fraction of sp³-hybridized carbons (Fsp3) is 0.471. The number of hydrogen-bond acceptors (Lipinski definition) is 3. The lowest BCUT2D eigenvalue weighted by Crippen LogP contribution is -2.06. The van der Waals surface area contributed by atoms with Crippen LogP contribution in [0.1, 0.15) is 44.9 Å². The first-order valence-corrected chi connectivity index (χ1v) is 7.91. The molecular weight excluding hydrogens is 278 g/mol. The van der Waals surface area contributed by atoms with Gasteiger partial charge in [0.15, 0.2) is 5.82 Å². The van der Waals surface area contributed by atoms with Gasteiger partial charge in [0.2, 0.25) is 0 Å². The van der Waals surface area contributed by atoms with Crippen LogP contribution in [0, 0.1) is 0 Å². The van der Waals surface area contributed by atoms with Gasteiger partial charge >= 0.3 is 5.97 Å². The van der Waals surface area contributed by atoms with Crippen LogP contribution in [0.5, 0.6) is 0 Å². The molecule has 5 nitrogen and oxygen atoms in total. The number of carbonyl (C=O) groups is 1. The van der Waals surface area contributed by atoms with Gasteiger partial charge in [-0.3, -0.25) is 4.79 Å². The molecule has 0 unspecified atom stereocenters. The lowest BCUT2D eigenvalue weighted by molar-refractivity contribution is -0.137. The summed E-state index contributed by atoms with van der Waals surface area (Å²) in [4.78, 5) is 10.6. The first kappa shape index (κ1) is 16.2. The van der Waals surface area contributed by atoms with Gasteiger partial charge in [0.05, 0.1) is 0 Å². The van der Waals surface area contributed by atoms with E-state index in [2.05, 4.69) is 21.7 Å². The Bertz CT molecular complexity index is 593. The van der Waals surface area contributed by atoms with Gasteiger partial charge in [-0.1, -0.05) is 43.7 Å². The van der Waals surface area contributed by atoms with Gasteiger partial charge < -0.3 is 9.67 Å². The topological polar surface area (TPSA) is 68.0 Å². The lowest BCUT2D eigenvalue weighted by atomic mass is 10.1. The van der Waals surface area contributed by atoms with E-state index in [0.717, 1.165) is 49.4 Å². The third-order valence-corrected chi connectivity index (χ3v) is 3.64. The number of rotatable bonds is 9. The van der Waals surface area contributed by atoms with Crippen LogP contribution in [0.2, 0.25) is 0 Å². The zero-order valence-electron chi connectivity index (χ0n) is 13.0. The van der Waals surface area contributed by atoms with Crippen LogP contribution >= 0.6 is 0 Å². The van der Waals surface area contributed by atoms with Crippen LogP contribution in [0.15, 0.2) is 30.3 Å². The van der Waals surface area contributed by atoms with Gasteiger partial charge in [-0.15, -0.1) is 10.2 Å². The summed E-state index contributed by atoms with van der Waals surface area (Å²) in [6, 6.07) is 10.1. The summed E-state index contributed by atoms with van der Waals surface area (Å²) in [6.07, 6.45) is 4.69. The van der Waals surface area contributed by atoms with Crippen molar-refractivity contribution in [2.75, 3.05) is 0 Å². The molecule has 2 aromatic rings. The molecule has 118 valence electrons. The van der Waals surface area contributed by atoms with E-state index in [1.54, 1.807) is 0 Å². The van der Waals surface area contributed by atoms with Crippen molar-refractivity contribution in [1.29, 1.82) is 0 Å². The molecule has 0 amide bonds. The second kappa shape index (κ2) is 8.32. The molecule has 0 saturated carbocycles. The second-order valence-corrected chi connectivity index (χ2v) is 5.41. The molecular formula is C17H23N3O2. The van der Waals surface area contributed by atoms with Crippen LogP contribution in [-0.2, 0) is 17.8 Å². The fourth-order valence-corrected chi connectivity index (χ4v) is 2.43. The van der Waals surface area contributed by atoms with E-state index in [1.807, 2.05) is 30.3 Å². The Labute approximate surface area is 131 Å². The first-order chi connectivity index (χ1) is 10.7. The van der Waals surface area contributed by atoms with Crippen molar-refractivity contribution >= 4 is 5.97 Å². The molecule has 0 bridgehead atoms. The van der Waals surface area contributed by atoms with Crippen LogP contribution in [0.25, 0.3) is 11.4 Å². The number of aliphatic carboxylic acids is 1. The van der Waals surface area contributed by atoms with Gasteiger partial charge in [-0.05, 0) is 19.3 Å². The largest absolute Gasteiger partial charge is 0.481 e. The van der Waals surface area contributed by atoms with Gasteiger partial charge in [-0.2, -0.15) is 0 Å². The van der Waals surface area contributed by atoms with E-state index in [0.29, 0.717) is 6.42 Å². The van der Waals surface area contributed by atoms with Gasteiger partial charge in [-0.25, -0.2) is 0 Å². The normalized spacial score (nSPS) is 10.8. The molecule has 0 atom stereocenters. The summed E-state index contributed by atoms with van der Waals surface area (Å²) in [5.41, 5.74) is 1.07. The van der Waals surface area contributed by atoms with Crippen molar-refractivity contribution in [2.45, 2.75) is 52.0 Å². The summed E-state index contributed by atoms with van der Waals surface area (Å²) in [7, 11) is 0. The molecule has 5 heteroatoms. The molecule has 1 N–H and O–H groups in total. The Kier molecular flexibility index (Phi) is 6.13. The molecule has 1 aromatic heterocycles. The van der Waals surface area contributed by atoms with E-state index in [4.69, 9.17) is 5.11 Å². The number of benzene rings is 1. The number of carboxylic acid groups (broad SMARTS) is 1. The molecule has 2 rings (SSSR count). The molecule has 1 heterocycles. The van der Waals surface area contributed by atoms with E-state index < -0.39 is 5.97 Å². The molecule has 0 aliphatic carbocycles. The Hall–Kier alpha value is -2.17. The van der Waals surface area contributed by atoms with Crippen molar-refractivity contribution in [3.05, 3.63) is 36.2 Å². The van der Waals surface area contributed by atoms with Gasteiger partial charge in [0.1, 0.15) is 5.82 Å². The Morgan fingerprint density at radius 3 is 2.59 bits per heavy atom. The van der Waals surface area contributed by atoms with E-state index in [9.17, 15) is 4.79 Å². The van der Waals surface area contributed by atoms with Crippen molar-refractivity contribution in [1.82, 2.24) is 14.8 Å². The Morgan fingerprint density at radius 1 is 1.14 bits per heavy atom. The maximum Gasteiger partial charge on any atom is 0.303 e. The highest BCUT2D eigenvalue weighted by molar-refractivity contribution is 5.66. The van der Waals surface area contributed by atoms with Crippen LogP contribution in [0.3, 0.4) is 0 Å². The number of unbranched alkanes of at least 4 members (excludes halogenated alkanes) is 2. The number of nitrogens with zero attached hydrogens (tertiary/aromatic N) is 3. The fourth-order valence-electron chi connectivity index (χ4n) is 2.43.